The number of nitrogens with zero attached hydrogens (tertiary/aromatic N) is 1. The van der Waals surface area contributed by atoms with E-state index in [2.05, 4.69) is 4.98 Å². The number of benzene rings is 1. The lowest BCUT2D eigenvalue weighted by atomic mass is 10.0. The molecular weight excluding hydrogens is 205 g/mol. The van der Waals surface area contributed by atoms with E-state index in [1.54, 1.807) is 12.1 Å². The minimum Gasteiger partial charge on any atom is -0.287 e. The Hall–Kier alpha value is -2.03. The number of ketones is 1. The van der Waals surface area contributed by atoms with Crippen LogP contribution in [0, 0.1) is 12.7 Å². The van der Waals surface area contributed by atoms with Gasteiger partial charge in [0.2, 0.25) is 5.78 Å². The van der Waals surface area contributed by atoms with E-state index in [9.17, 15) is 9.18 Å². The number of halogens is 1. The van der Waals surface area contributed by atoms with Crippen LogP contribution >= 0.6 is 0 Å². The van der Waals surface area contributed by atoms with E-state index in [0.717, 1.165) is 5.56 Å². The maximum absolute atomic E-state index is 13.4. The van der Waals surface area contributed by atoms with Gasteiger partial charge in [-0.2, -0.15) is 0 Å². The summed E-state index contributed by atoms with van der Waals surface area (Å²) in [5.41, 5.74) is 1.18. The Kier molecular flexibility index (Phi) is 2.77. The number of carbonyl (C=O) groups is 1. The van der Waals surface area contributed by atoms with E-state index in [4.69, 9.17) is 0 Å². The molecule has 0 radical (unpaired) electrons. The van der Waals surface area contributed by atoms with Crippen LogP contribution in [-0.2, 0) is 0 Å². The lowest BCUT2D eigenvalue weighted by molar-refractivity contribution is 0.102. The molecule has 2 nitrogen and oxygen atoms in total. The van der Waals surface area contributed by atoms with E-state index < -0.39 is 5.82 Å². The van der Waals surface area contributed by atoms with Crippen molar-refractivity contribution in [2.75, 3.05) is 0 Å². The molecule has 0 aliphatic heterocycles. The first-order chi connectivity index (χ1) is 7.70. The summed E-state index contributed by atoms with van der Waals surface area (Å²) in [7, 11) is 0. The van der Waals surface area contributed by atoms with E-state index in [-0.39, 0.29) is 11.5 Å². The van der Waals surface area contributed by atoms with E-state index in [1.165, 1.54) is 18.3 Å². The largest absolute Gasteiger partial charge is 0.287 e. The molecule has 0 bridgehead atoms. The standard InChI is InChI=1S/C13H10FNO/c1-9-5-2-3-6-10(9)13(16)12-11(14)7-4-8-15-12/h2-8H,1H3. The van der Waals surface area contributed by atoms with Gasteiger partial charge in [0.25, 0.3) is 0 Å². The Bertz CT molecular complexity index is 489. The van der Waals surface area contributed by atoms with E-state index in [1.807, 2.05) is 19.1 Å². The number of aromatic nitrogens is 1. The Morgan fingerprint density at radius 1 is 1.19 bits per heavy atom. The van der Waals surface area contributed by atoms with Crippen LogP contribution in [0.4, 0.5) is 4.39 Å². The summed E-state index contributed by atoms with van der Waals surface area (Å²) >= 11 is 0. The third-order valence-electron chi connectivity index (χ3n) is 2.36. The molecule has 3 heteroatoms. The zero-order chi connectivity index (χ0) is 11.5. The molecule has 0 aliphatic rings. The number of hydrogen-bond acceptors (Lipinski definition) is 2. The van der Waals surface area contributed by atoms with Crippen LogP contribution in [0.15, 0.2) is 42.6 Å². The summed E-state index contributed by atoms with van der Waals surface area (Å²) in [6.07, 6.45) is 1.41. The van der Waals surface area contributed by atoms with Crippen LogP contribution in [0.3, 0.4) is 0 Å². The fraction of sp³-hybridized carbons (Fsp3) is 0.0769. The molecular formula is C13H10FNO. The summed E-state index contributed by atoms with van der Waals surface area (Å²) in [6, 6.07) is 9.77. The maximum Gasteiger partial charge on any atom is 0.214 e. The number of carbonyl (C=O) groups excluding carboxylic acids is 1. The van der Waals surface area contributed by atoms with Crippen molar-refractivity contribution in [2.45, 2.75) is 6.92 Å². The molecule has 0 atom stereocenters. The van der Waals surface area contributed by atoms with Crippen molar-refractivity contribution in [3.63, 3.8) is 0 Å². The molecule has 80 valence electrons. The predicted octanol–water partition coefficient (Wildman–Crippen LogP) is 2.76. The maximum atomic E-state index is 13.4. The van der Waals surface area contributed by atoms with Gasteiger partial charge in [-0.25, -0.2) is 9.37 Å². The highest BCUT2D eigenvalue weighted by molar-refractivity contribution is 6.08. The first-order valence-electron chi connectivity index (χ1n) is 4.91. The molecule has 1 heterocycles. The van der Waals surface area contributed by atoms with Crippen molar-refractivity contribution in [3.8, 4) is 0 Å². The molecule has 0 N–H and O–H groups in total. The highest BCUT2D eigenvalue weighted by atomic mass is 19.1. The van der Waals surface area contributed by atoms with Crippen molar-refractivity contribution in [3.05, 3.63) is 65.2 Å². The molecule has 16 heavy (non-hydrogen) atoms. The Balaban J connectivity index is 2.48. The van der Waals surface area contributed by atoms with Gasteiger partial charge in [0.15, 0.2) is 5.82 Å². The van der Waals surface area contributed by atoms with Gasteiger partial charge < -0.3 is 0 Å². The molecule has 0 saturated carbocycles. The molecule has 0 aliphatic carbocycles. The Morgan fingerprint density at radius 2 is 1.94 bits per heavy atom. The highest BCUT2D eigenvalue weighted by Crippen LogP contribution is 2.14. The van der Waals surface area contributed by atoms with Gasteiger partial charge in [-0.05, 0) is 24.6 Å². The van der Waals surface area contributed by atoms with Gasteiger partial charge >= 0.3 is 0 Å². The zero-order valence-electron chi connectivity index (χ0n) is 8.77. The predicted molar refractivity (Wildman–Crippen MR) is 58.8 cm³/mol. The lowest BCUT2D eigenvalue weighted by Crippen LogP contribution is -2.08. The van der Waals surface area contributed by atoms with E-state index >= 15 is 0 Å². The number of rotatable bonds is 2. The highest BCUT2D eigenvalue weighted by Gasteiger charge is 2.16. The average Bonchev–Trinajstić information content (AvgIpc) is 2.29. The fourth-order valence-electron chi connectivity index (χ4n) is 1.51. The topological polar surface area (TPSA) is 30.0 Å². The number of hydrogen-bond donors (Lipinski definition) is 0. The second-order valence-electron chi connectivity index (χ2n) is 3.48. The quantitative estimate of drug-likeness (QED) is 0.721. The fourth-order valence-corrected chi connectivity index (χ4v) is 1.51. The van der Waals surface area contributed by atoms with Crippen LogP contribution in [0.1, 0.15) is 21.6 Å². The van der Waals surface area contributed by atoms with Crippen LogP contribution in [-0.4, -0.2) is 10.8 Å². The molecule has 0 unspecified atom stereocenters. The van der Waals surface area contributed by atoms with Crippen LogP contribution in [0.25, 0.3) is 0 Å². The molecule has 2 aromatic rings. The minimum atomic E-state index is -0.587. The van der Waals surface area contributed by atoms with Gasteiger partial charge in [0.05, 0.1) is 0 Å². The second kappa shape index (κ2) is 4.23. The van der Waals surface area contributed by atoms with Crippen molar-refractivity contribution in [1.82, 2.24) is 4.98 Å². The Labute approximate surface area is 92.8 Å². The normalized spacial score (nSPS) is 10.1. The molecule has 1 aromatic carbocycles. The molecule has 0 fully saturated rings. The van der Waals surface area contributed by atoms with Crippen LogP contribution < -0.4 is 0 Å². The van der Waals surface area contributed by atoms with Crippen LogP contribution in [0.2, 0.25) is 0 Å². The SMILES string of the molecule is Cc1ccccc1C(=O)c1ncccc1F. The zero-order valence-corrected chi connectivity index (χ0v) is 8.77. The van der Waals surface area contributed by atoms with Crippen molar-refractivity contribution in [1.29, 1.82) is 0 Å². The summed E-state index contributed by atoms with van der Waals surface area (Å²) in [5, 5.41) is 0. The van der Waals surface area contributed by atoms with Crippen molar-refractivity contribution >= 4 is 5.78 Å². The molecule has 1 aromatic heterocycles. The summed E-state index contributed by atoms with van der Waals surface area (Å²) < 4.78 is 13.4. The third-order valence-corrected chi connectivity index (χ3v) is 2.36. The Morgan fingerprint density at radius 3 is 2.62 bits per heavy atom. The summed E-state index contributed by atoms with van der Waals surface area (Å²) in [4.78, 5) is 15.8. The summed E-state index contributed by atoms with van der Waals surface area (Å²) in [5.74, 6) is -0.966. The number of aryl methyl sites for hydroxylation is 1. The minimum absolute atomic E-state index is 0.128. The average molecular weight is 215 g/mol. The van der Waals surface area contributed by atoms with Gasteiger partial charge in [-0.3, -0.25) is 4.79 Å². The molecule has 0 amide bonds. The van der Waals surface area contributed by atoms with Gasteiger partial charge in [-0.1, -0.05) is 24.3 Å². The lowest BCUT2D eigenvalue weighted by Gasteiger charge is -2.04. The van der Waals surface area contributed by atoms with Crippen LogP contribution in [0.5, 0.6) is 0 Å². The summed E-state index contributed by atoms with van der Waals surface area (Å²) in [6.45, 7) is 1.81. The first-order valence-corrected chi connectivity index (χ1v) is 4.91. The molecule has 0 spiro atoms. The third kappa shape index (κ3) is 1.84. The van der Waals surface area contributed by atoms with Gasteiger partial charge in [0.1, 0.15) is 5.69 Å². The number of pyridine rings is 1. The van der Waals surface area contributed by atoms with Crippen molar-refractivity contribution < 1.29 is 9.18 Å². The smallest absolute Gasteiger partial charge is 0.214 e. The van der Waals surface area contributed by atoms with Gasteiger partial charge in [0, 0.05) is 11.8 Å². The van der Waals surface area contributed by atoms with E-state index in [0.29, 0.717) is 5.56 Å². The first kappa shape index (κ1) is 10.5. The second-order valence-corrected chi connectivity index (χ2v) is 3.48. The molecule has 0 saturated heterocycles. The van der Waals surface area contributed by atoms with Crippen molar-refractivity contribution in [2.24, 2.45) is 0 Å². The monoisotopic (exact) mass is 215 g/mol. The molecule has 2 rings (SSSR count). The van der Waals surface area contributed by atoms with Gasteiger partial charge in [-0.15, -0.1) is 0 Å².